The molecule has 1 aromatic heterocycles. The smallest absolute Gasteiger partial charge is 0.357 e. The van der Waals surface area contributed by atoms with E-state index in [9.17, 15) is 10.1 Å². The monoisotopic (exact) mass is 652 g/mol. The van der Waals surface area contributed by atoms with E-state index in [2.05, 4.69) is 41.1 Å². The van der Waals surface area contributed by atoms with Gasteiger partial charge in [0, 0.05) is 41.5 Å². The van der Waals surface area contributed by atoms with Gasteiger partial charge in [-0.05, 0) is 55.6 Å². The van der Waals surface area contributed by atoms with Crippen molar-refractivity contribution in [2.24, 2.45) is 0 Å². The molecule has 0 aliphatic carbocycles. The summed E-state index contributed by atoms with van der Waals surface area (Å²) >= 11 is 6.70. The van der Waals surface area contributed by atoms with Gasteiger partial charge in [0.15, 0.2) is 0 Å². The Labute approximate surface area is 279 Å². The lowest BCUT2D eigenvalue weighted by atomic mass is 9.94. The van der Waals surface area contributed by atoms with Crippen LogP contribution in [0.15, 0.2) is 66.7 Å². The van der Waals surface area contributed by atoms with Crippen molar-refractivity contribution in [1.29, 1.82) is 5.26 Å². The van der Waals surface area contributed by atoms with E-state index in [0.717, 1.165) is 52.8 Å². The molecule has 242 valence electrons. The zero-order valence-electron chi connectivity index (χ0n) is 26.3. The number of likely N-dealkylation sites (N-methyl/N-ethyl adjacent to an activating group) is 1. The van der Waals surface area contributed by atoms with Crippen LogP contribution in [0.4, 0.5) is 5.82 Å². The molecule has 7 rings (SSSR count). The van der Waals surface area contributed by atoms with Crippen LogP contribution in [0, 0.1) is 11.3 Å². The summed E-state index contributed by atoms with van der Waals surface area (Å²) in [6.07, 6.45) is 2.69. The van der Waals surface area contributed by atoms with E-state index in [4.69, 9.17) is 35.9 Å². The van der Waals surface area contributed by atoms with Gasteiger partial charge in [0.2, 0.25) is 0 Å². The van der Waals surface area contributed by atoms with Gasteiger partial charge in [0.25, 0.3) is 0 Å². The summed E-state index contributed by atoms with van der Waals surface area (Å²) in [4.78, 5) is 33.0. The Hall–Kier alpha value is -4.27. The number of carbonyl (C=O) groups is 1. The van der Waals surface area contributed by atoms with E-state index in [1.54, 1.807) is 29.3 Å². The van der Waals surface area contributed by atoms with Crippen molar-refractivity contribution in [3.05, 3.63) is 94.1 Å². The second-order valence-corrected chi connectivity index (χ2v) is 12.8. The van der Waals surface area contributed by atoms with Crippen molar-refractivity contribution in [3.63, 3.8) is 0 Å². The fourth-order valence-electron chi connectivity index (χ4n) is 6.86. The van der Waals surface area contributed by atoms with Gasteiger partial charge in [0.05, 0.1) is 49.0 Å². The van der Waals surface area contributed by atoms with Crippen LogP contribution in [0.25, 0.3) is 10.8 Å². The summed E-state index contributed by atoms with van der Waals surface area (Å²) in [6, 6.07) is 23.5. The van der Waals surface area contributed by atoms with Crippen molar-refractivity contribution >= 4 is 34.2 Å². The van der Waals surface area contributed by atoms with Crippen LogP contribution in [0.5, 0.6) is 6.01 Å². The molecule has 0 bridgehead atoms. The van der Waals surface area contributed by atoms with Gasteiger partial charge in [-0.15, -0.1) is 5.06 Å². The Balaban J connectivity index is 1.18. The van der Waals surface area contributed by atoms with Gasteiger partial charge in [-0.25, -0.2) is 4.79 Å². The maximum absolute atomic E-state index is 12.9. The number of piperazine rings is 1. The highest BCUT2D eigenvalue weighted by Gasteiger charge is 2.35. The predicted molar refractivity (Wildman–Crippen MR) is 178 cm³/mol. The highest BCUT2D eigenvalue weighted by Crippen LogP contribution is 2.39. The summed E-state index contributed by atoms with van der Waals surface area (Å²) in [7, 11) is 2.12. The van der Waals surface area contributed by atoms with Crippen LogP contribution in [0.3, 0.4) is 0 Å². The van der Waals surface area contributed by atoms with Crippen molar-refractivity contribution in [2.45, 2.75) is 50.5 Å². The number of benzene rings is 3. The molecule has 3 aliphatic rings. The first-order valence-corrected chi connectivity index (χ1v) is 16.5. The van der Waals surface area contributed by atoms with Gasteiger partial charge in [-0.2, -0.15) is 15.2 Å². The molecule has 10 nitrogen and oxygen atoms in total. The fourth-order valence-corrected chi connectivity index (χ4v) is 7.16. The number of ether oxygens (including phenoxy) is 2. The summed E-state index contributed by atoms with van der Waals surface area (Å²) in [5, 5.41) is 14.1. The molecule has 3 atom stereocenters. The minimum atomic E-state index is -0.443. The molecule has 11 heteroatoms. The number of halogens is 1. The number of aromatic nitrogens is 2. The van der Waals surface area contributed by atoms with Gasteiger partial charge in [-0.3, -0.25) is 0 Å². The third-order valence-electron chi connectivity index (χ3n) is 9.43. The third kappa shape index (κ3) is 6.62. The highest BCUT2D eigenvalue weighted by atomic mass is 35.5. The zero-order chi connectivity index (χ0) is 32.3. The number of anilines is 1. The molecule has 2 saturated heterocycles. The van der Waals surface area contributed by atoms with Gasteiger partial charge in [-0.1, -0.05) is 60.1 Å². The second kappa shape index (κ2) is 13.8. The molecule has 0 amide bonds. The van der Waals surface area contributed by atoms with Crippen LogP contribution in [0.2, 0.25) is 5.02 Å². The lowest BCUT2D eigenvalue weighted by Gasteiger charge is -2.40. The molecule has 1 unspecified atom stereocenters. The number of nitriles is 1. The topological polar surface area (TPSA) is 104 Å². The zero-order valence-corrected chi connectivity index (χ0v) is 27.1. The number of hydroxylamine groups is 2. The summed E-state index contributed by atoms with van der Waals surface area (Å²) in [6.45, 7) is 3.25. The standard InChI is InChI=1S/C36H37ClN6O4/c1-41-17-7-12-27(41)22-46-36-39-31-20-32(28-13-5-10-24-11-6-14-30(37)33(24)28)45-23-29(31)34(40-36)42-18-19-43(26(21-42)15-16-38)47-35(44)25-8-3-2-4-9-25/h2-6,8-11,13-14,26-27,32H,7,12,15,17-23H2,1H3/t26-,27+,32?/m0/s1. The molecular weight excluding hydrogens is 616 g/mol. The average molecular weight is 653 g/mol. The Bertz CT molecular complexity index is 1790. The van der Waals surface area contributed by atoms with Crippen LogP contribution >= 0.6 is 11.6 Å². The van der Waals surface area contributed by atoms with E-state index < -0.39 is 5.97 Å². The van der Waals surface area contributed by atoms with Crippen molar-refractivity contribution in [2.75, 3.05) is 44.7 Å². The quantitative estimate of drug-likeness (QED) is 0.234. The molecule has 2 fully saturated rings. The Kier molecular flexibility index (Phi) is 9.23. The Morgan fingerprint density at radius 1 is 1.04 bits per heavy atom. The molecule has 47 heavy (non-hydrogen) atoms. The summed E-state index contributed by atoms with van der Waals surface area (Å²) < 4.78 is 12.8. The van der Waals surface area contributed by atoms with E-state index in [-0.39, 0.29) is 18.6 Å². The first-order valence-electron chi connectivity index (χ1n) is 16.2. The third-order valence-corrected chi connectivity index (χ3v) is 9.75. The first-order chi connectivity index (χ1) is 23.0. The van der Waals surface area contributed by atoms with Crippen molar-refractivity contribution in [1.82, 2.24) is 19.9 Å². The second-order valence-electron chi connectivity index (χ2n) is 12.4. The first kappa shape index (κ1) is 31.3. The molecule has 0 radical (unpaired) electrons. The maximum Gasteiger partial charge on any atom is 0.357 e. The molecule has 3 aromatic carbocycles. The van der Waals surface area contributed by atoms with E-state index in [0.29, 0.717) is 61.9 Å². The minimum Gasteiger partial charge on any atom is -0.462 e. The number of rotatable bonds is 8. The normalized spacial score (nSPS) is 21.7. The Morgan fingerprint density at radius 3 is 2.66 bits per heavy atom. The number of hydrogen-bond donors (Lipinski definition) is 0. The highest BCUT2D eigenvalue weighted by molar-refractivity contribution is 6.35. The number of fused-ring (bicyclic) bond motifs is 2. The van der Waals surface area contributed by atoms with Gasteiger partial charge in [0.1, 0.15) is 12.4 Å². The van der Waals surface area contributed by atoms with Crippen LogP contribution < -0.4 is 9.64 Å². The number of nitrogens with zero attached hydrogens (tertiary/aromatic N) is 6. The summed E-state index contributed by atoms with van der Waals surface area (Å²) in [5.41, 5.74) is 3.27. The largest absolute Gasteiger partial charge is 0.462 e. The van der Waals surface area contributed by atoms with Crippen LogP contribution in [0.1, 0.15) is 52.5 Å². The average Bonchev–Trinajstić information content (AvgIpc) is 3.52. The van der Waals surface area contributed by atoms with E-state index >= 15 is 0 Å². The SMILES string of the molecule is CN1CCC[C@@H]1COc1nc2c(c(N3CCN(OC(=O)c4ccccc4)[C@@H](CC#N)C3)n1)COC(c1cccc3cccc(Cl)c13)C2. The molecule has 4 heterocycles. The lowest BCUT2D eigenvalue weighted by Crippen LogP contribution is -2.54. The molecule has 0 spiro atoms. The lowest BCUT2D eigenvalue weighted by molar-refractivity contribution is -0.140. The van der Waals surface area contributed by atoms with Gasteiger partial charge >= 0.3 is 12.0 Å². The van der Waals surface area contributed by atoms with E-state index in [1.807, 2.05) is 24.3 Å². The number of carbonyl (C=O) groups excluding carboxylic acids is 1. The maximum atomic E-state index is 12.9. The summed E-state index contributed by atoms with van der Waals surface area (Å²) in [5.74, 6) is 0.290. The van der Waals surface area contributed by atoms with E-state index in [1.165, 1.54) is 0 Å². The van der Waals surface area contributed by atoms with Gasteiger partial charge < -0.3 is 24.1 Å². The van der Waals surface area contributed by atoms with Crippen molar-refractivity contribution < 1.29 is 19.1 Å². The molecular formula is C36H37ClN6O4. The minimum absolute atomic E-state index is 0.184. The molecule has 0 N–H and O–H groups in total. The van der Waals surface area contributed by atoms with Crippen molar-refractivity contribution in [3.8, 4) is 12.1 Å². The number of likely N-dealkylation sites (tertiary alicyclic amines) is 1. The fraction of sp³-hybridized carbons (Fsp3) is 0.389. The number of hydrogen-bond acceptors (Lipinski definition) is 10. The molecule has 3 aliphatic heterocycles. The van der Waals surface area contributed by atoms with Crippen LogP contribution in [-0.4, -0.2) is 77.8 Å². The van der Waals surface area contributed by atoms with Crippen LogP contribution in [-0.2, 0) is 22.6 Å². The predicted octanol–water partition coefficient (Wildman–Crippen LogP) is 5.75. The molecule has 0 saturated carbocycles. The molecule has 4 aromatic rings. The Morgan fingerprint density at radius 2 is 1.87 bits per heavy atom.